The van der Waals surface area contributed by atoms with Gasteiger partial charge in [-0.05, 0) is 48.1 Å². The van der Waals surface area contributed by atoms with Gasteiger partial charge in [0.2, 0.25) is 0 Å². The molecule has 0 aromatic heterocycles. The highest BCUT2D eigenvalue weighted by atomic mass is 16.6. The molecule has 1 radical (unpaired) electrons. The first kappa shape index (κ1) is 26.1. The summed E-state index contributed by atoms with van der Waals surface area (Å²) in [5.74, 6) is -11.1. The smallest absolute Gasteiger partial charge is 0.372 e. The number of esters is 2. The summed E-state index contributed by atoms with van der Waals surface area (Å²) in [6.45, 7) is 11.7. The number of cyclic esters (lactones) is 2. The number of benzene rings is 1. The van der Waals surface area contributed by atoms with Crippen molar-refractivity contribution in [1.82, 2.24) is 4.48 Å². The molecule has 1 aromatic carbocycles. The minimum Gasteiger partial charge on any atom is -0.372 e. The van der Waals surface area contributed by atoms with Gasteiger partial charge in [-0.2, -0.15) is 0 Å². The van der Waals surface area contributed by atoms with Gasteiger partial charge >= 0.3 is 35.6 Å². The minimum absolute atomic E-state index is 0.0280. The lowest BCUT2D eigenvalue weighted by Crippen LogP contribution is -2.72. The van der Waals surface area contributed by atoms with E-state index in [1.807, 2.05) is 41.5 Å². The Bertz CT molecular complexity index is 995. The first-order chi connectivity index (χ1) is 15.2. The van der Waals surface area contributed by atoms with Crippen LogP contribution in [0.15, 0.2) is 12.1 Å². The van der Waals surface area contributed by atoms with Crippen LogP contribution in [0, 0.1) is 17.8 Å². The highest BCUT2D eigenvalue weighted by Crippen LogP contribution is 2.38. The number of rotatable bonds is 7. The largest absolute Gasteiger partial charge is 0.483 e. The maximum Gasteiger partial charge on any atom is 0.483 e. The molecule has 1 aromatic rings. The highest BCUT2D eigenvalue weighted by molar-refractivity contribution is 6.64. The fourth-order valence-corrected chi connectivity index (χ4v) is 4.16. The lowest BCUT2D eigenvalue weighted by molar-refractivity contribution is -0.184. The van der Waals surface area contributed by atoms with Gasteiger partial charge in [-0.15, -0.1) is 0 Å². The van der Waals surface area contributed by atoms with E-state index in [2.05, 4.69) is 4.74 Å². The van der Waals surface area contributed by atoms with E-state index >= 15 is 0 Å². The summed E-state index contributed by atoms with van der Waals surface area (Å²) < 4.78 is 1.92. The molecule has 2 rings (SSSR count). The van der Waals surface area contributed by atoms with Crippen LogP contribution >= 0.6 is 0 Å². The second-order valence-corrected chi connectivity index (χ2v) is 9.55. The van der Waals surface area contributed by atoms with Gasteiger partial charge in [0.1, 0.15) is 0 Å². The first-order valence-corrected chi connectivity index (χ1v) is 10.9. The molecule has 1 aliphatic heterocycles. The number of hydrogen-bond acceptors (Lipinski definition) is 7. The van der Waals surface area contributed by atoms with E-state index in [1.165, 1.54) is 6.07 Å². The van der Waals surface area contributed by atoms with Crippen LogP contribution in [-0.2, 0) is 57.9 Å². The number of quaternary nitrogens is 1. The number of hydrogen-bond donors (Lipinski definition) is 0. The quantitative estimate of drug-likeness (QED) is 0.201. The zero-order chi connectivity index (χ0) is 25.2. The van der Waals surface area contributed by atoms with E-state index in [-0.39, 0.29) is 29.9 Å². The van der Waals surface area contributed by atoms with Gasteiger partial charge in [-0.1, -0.05) is 52.1 Å². The van der Waals surface area contributed by atoms with Gasteiger partial charge in [-0.3, -0.25) is 0 Å². The fourth-order valence-electron chi connectivity index (χ4n) is 4.16. The van der Waals surface area contributed by atoms with Crippen LogP contribution in [0.4, 0.5) is 5.69 Å². The van der Waals surface area contributed by atoms with Crippen LogP contribution in [0.25, 0.3) is 0 Å². The molecule has 0 N–H and O–H groups in total. The maximum absolute atomic E-state index is 13.0. The molecule has 0 saturated carbocycles. The molecular formula is C24H29NO8+. The molecule has 1 heterocycles. The van der Waals surface area contributed by atoms with Crippen LogP contribution in [-0.4, -0.2) is 35.6 Å². The molecule has 3 amide bonds. The molecule has 0 unspecified atom stereocenters. The second kappa shape index (κ2) is 9.74. The monoisotopic (exact) mass is 459 g/mol. The molecule has 9 heteroatoms. The fraction of sp³-hybridized carbons (Fsp3) is 0.500. The molecule has 1 aliphatic rings. The Labute approximate surface area is 192 Å². The molecule has 33 heavy (non-hydrogen) atoms. The number of morpholine rings is 1. The summed E-state index contributed by atoms with van der Waals surface area (Å²) in [7, 11) is 0. The number of amides is 3. The number of carbonyl (C=O) groups excluding carboxylic acids is 6. The topological polar surface area (TPSA) is 132 Å². The molecule has 0 spiro atoms. The first-order valence-electron chi connectivity index (χ1n) is 10.9. The van der Waals surface area contributed by atoms with Gasteiger partial charge in [0.25, 0.3) is 0 Å². The van der Waals surface area contributed by atoms with Gasteiger partial charge < -0.3 is 4.74 Å². The van der Waals surface area contributed by atoms with Crippen molar-refractivity contribution in [2.75, 3.05) is 0 Å². The highest BCUT2D eigenvalue weighted by Gasteiger charge is 2.68. The Hall–Kier alpha value is -3.20. The second-order valence-electron chi connectivity index (χ2n) is 9.55. The van der Waals surface area contributed by atoms with Gasteiger partial charge in [0, 0.05) is 11.6 Å². The van der Waals surface area contributed by atoms with Crippen LogP contribution in [0.2, 0.25) is 0 Å². The van der Waals surface area contributed by atoms with Crippen molar-refractivity contribution in [3.63, 3.8) is 0 Å². The summed E-state index contributed by atoms with van der Waals surface area (Å²) in [6.07, 6.45) is 1.44. The minimum atomic E-state index is -2.37. The van der Waals surface area contributed by atoms with E-state index in [1.54, 1.807) is 6.07 Å². The third-order valence-corrected chi connectivity index (χ3v) is 5.34. The molecule has 0 atom stereocenters. The van der Waals surface area contributed by atoms with Crippen LogP contribution in [0.1, 0.15) is 58.2 Å². The molecule has 0 aliphatic carbocycles. The van der Waals surface area contributed by atoms with Gasteiger partial charge in [0.05, 0.1) is 0 Å². The van der Waals surface area contributed by atoms with Gasteiger partial charge in [0.15, 0.2) is 5.69 Å². The molecule has 9 nitrogen and oxygen atoms in total. The molecule has 177 valence electrons. The third kappa shape index (κ3) is 4.78. The summed E-state index contributed by atoms with van der Waals surface area (Å²) in [5.41, 5.74) is 1.76. The Balaban J connectivity index is 3.05. The lowest BCUT2D eigenvalue weighted by Gasteiger charge is -2.32. The number of ether oxygens (including phenoxy) is 1. The average Bonchev–Trinajstić information content (AvgIpc) is 2.69. The Morgan fingerprint density at radius 2 is 1.21 bits per heavy atom. The average molecular weight is 459 g/mol. The zero-order valence-corrected chi connectivity index (χ0v) is 19.7. The third-order valence-electron chi connectivity index (χ3n) is 5.34. The van der Waals surface area contributed by atoms with E-state index in [9.17, 15) is 33.9 Å². The maximum atomic E-state index is 13.0. The van der Waals surface area contributed by atoms with Crippen LogP contribution in [0.3, 0.4) is 0 Å². The summed E-state index contributed by atoms with van der Waals surface area (Å²) in [6, 6.07) is 2.91. The molecule has 0 bridgehead atoms. The van der Waals surface area contributed by atoms with Crippen molar-refractivity contribution in [1.29, 1.82) is 0 Å². The number of imide groups is 3. The summed E-state index contributed by atoms with van der Waals surface area (Å²) in [4.78, 5) is 74.8. The van der Waals surface area contributed by atoms with Crippen molar-refractivity contribution in [3.8, 4) is 0 Å². The van der Waals surface area contributed by atoms with Crippen molar-refractivity contribution in [2.45, 2.75) is 60.8 Å². The standard InChI is InChI=1S/C24H29NO8/c1-12(2)9-15-7-8-18(17(11-14(5)6)16(15)10-13(3)4)25(19(26)22(29)30)20(27)23(31)33-24(32)21(25)28/h7-8,12-14H,9-11H2,1-6H3/q+1. The van der Waals surface area contributed by atoms with Crippen LogP contribution < -0.4 is 4.48 Å². The van der Waals surface area contributed by atoms with Crippen molar-refractivity contribution in [3.05, 3.63) is 28.8 Å². The van der Waals surface area contributed by atoms with Crippen molar-refractivity contribution in [2.24, 2.45) is 17.8 Å². The van der Waals surface area contributed by atoms with Crippen molar-refractivity contribution < 1.29 is 38.6 Å². The molecular weight excluding hydrogens is 430 g/mol. The predicted octanol–water partition coefficient (Wildman–Crippen LogP) is 2.21. The summed E-state index contributed by atoms with van der Waals surface area (Å²) in [5, 5.41) is 11.6. The normalized spacial score (nSPS) is 16.0. The van der Waals surface area contributed by atoms with E-state index in [0.29, 0.717) is 18.4 Å². The number of nitrogens with zero attached hydrogens (tertiary/aromatic N) is 1. The van der Waals surface area contributed by atoms with Gasteiger partial charge in [-0.25, -0.2) is 33.9 Å². The van der Waals surface area contributed by atoms with E-state index in [4.69, 9.17) is 0 Å². The Kier molecular flexibility index (Phi) is 7.69. The lowest BCUT2D eigenvalue weighted by atomic mass is 9.84. The predicted molar refractivity (Wildman–Crippen MR) is 116 cm³/mol. The van der Waals surface area contributed by atoms with E-state index in [0.717, 1.165) is 11.1 Å². The SMILES string of the molecule is CC(C)Cc1ccc([N+]2(C(=O)C([O])=O)C(=O)C(=O)OC(=O)C2=O)c(CC(C)C)c1CC(C)C. The summed E-state index contributed by atoms with van der Waals surface area (Å²) >= 11 is 0. The molecule has 1 fully saturated rings. The van der Waals surface area contributed by atoms with E-state index < -0.39 is 40.1 Å². The number of carbonyl (C=O) groups is 6. The zero-order valence-electron chi connectivity index (χ0n) is 19.7. The Morgan fingerprint density at radius 3 is 1.64 bits per heavy atom. The molecule has 1 saturated heterocycles. The van der Waals surface area contributed by atoms with Crippen LogP contribution in [0.5, 0.6) is 0 Å². The van der Waals surface area contributed by atoms with Crippen molar-refractivity contribution >= 4 is 41.3 Å². The Morgan fingerprint density at radius 1 is 0.758 bits per heavy atom.